The molecule has 0 unspecified atom stereocenters. The van der Waals surface area contributed by atoms with Crippen molar-refractivity contribution in [2.24, 2.45) is 7.05 Å². The molecule has 1 amide bonds. The fraction of sp³-hybridized carbons (Fsp3) is 0.304. The number of hydrogen-bond acceptors (Lipinski definition) is 3. The van der Waals surface area contributed by atoms with Crippen LogP contribution < -0.4 is 15.6 Å². The van der Waals surface area contributed by atoms with Crippen molar-refractivity contribution >= 4 is 34.8 Å². The quantitative estimate of drug-likeness (QED) is 0.443. The van der Waals surface area contributed by atoms with Crippen LogP contribution in [0.1, 0.15) is 42.2 Å². The lowest BCUT2D eigenvalue weighted by molar-refractivity contribution is 0.102. The molecule has 0 aliphatic carbocycles. The van der Waals surface area contributed by atoms with E-state index in [1.807, 2.05) is 30.3 Å². The highest BCUT2D eigenvalue weighted by molar-refractivity contribution is 6.37. The Balaban J connectivity index is 1.85. The van der Waals surface area contributed by atoms with Crippen molar-refractivity contribution in [2.75, 3.05) is 11.9 Å². The lowest BCUT2D eigenvalue weighted by atomic mass is 10.2. The van der Waals surface area contributed by atoms with E-state index in [1.54, 1.807) is 18.7 Å². The molecule has 8 heteroatoms. The van der Waals surface area contributed by atoms with Crippen LogP contribution in [-0.4, -0.2) is 21.9 Å². The van der Waals surface area contributed by atoms with Gasteiger partial charge in [0.1, 0.15) is 5.69 Å². The third-order valence-corrected chi connectivity index (χ3v) is 5.61. The second kappa shape index (κ2) is 10.1. The third kappa shape index (κ3) is 4.97. The lowest BCUT2D eigenvalue weighted by Crippen LogP contribution is -2.23. The first-order valence-electron chi connectivity index (χ1n) is 10.1. The summed E-state index contributed by atoms with van der Waals surface area (Å²) in [4.78, 5) is 25.9. The summed E-state index contributed by atoms with van der Waals surface area (Å²) in [6, 6.07) is 12.2. The minimum Gasteiger partial charge on any atom is -0.490 e. The molecule has 0 fully saturated rings. The van der Waals surface area contributed by atoms with Gasteiger partial charge in [-0.25, -0.2) is 4.68 Å². The van der Waals surface area contributed by atoms with Crippen LogP contribution in [0.2, 0.25) is 10.0 Å². The SMILES string of the molecule is CCCCCOc1c(Cl)cc(C(=O)Nc2c(C)n(C)n(-c3ccccc3)c2=O)cc1Cl. The summed E-state index contributed by atoms with van der Waals surface area (Å²) in [6.45, 7) is 4.38. The zero-order chi connectivity index (χ0) is 22.5. The van der Waals surface area contributed by atoms with Crippen LogP contribution in [0, 0.1) is 6.92 Å². The minimum absolute atomic E-state index is 0.198. The summed E-state index contributed by atoms with van der Waals surface area (Å²) < 4.78 is 8.87. The van der Waals surface area contributed by atoms with Crippen LogP contribution in [0.25, 0.3) is 5.69 Å². The van der Waals surface area contributed by atoms with Crippen molar-refractivity contribution in [3.05, 3.63) is 74.1 Å². The van der Waals surface area contributed by atoms with Crippen molar-refractivity contribution in [2.45, 2.75) is 33.1 Å². The molecule has 6 nitrogen and oxygen atoms in total. The van der Waals surface area contributed by atoms with Crippen LogP contribution in [0.3, 0.4) is 0 Å². The highest BCUT2D eigenvalue weighted by atomic mass is 35.5. The maximum absolute atomic E-state index is 13.0. The summed E-state index contributed by atoms with van der Waals surface area (Å²) >= 11 is 12.6. The smallest absolute Gasteiger partial charge is 0.295 e. The van der Waals surface area contributed by atoms with E-state index in [0.29, 0.717) is 23.7 Å². The fourth-order valence-electron chi connectivity index (χ4n) is 3.25. The number of carbonyl (C=O) groups is 1. The molecule has 0 radical (unpaired) electrons. The lowest BCUT2D eigenvalue weighted by Gasteiger charge is -2.12. The summed E-state index contributed by atoms with van der Waals surface area (Å²) in [5.41, 5.74) is 1.44. The number of carbonyl (C=O) groups excluding carboxylic acids is 1. The normalized spacial score (nSPS) is 10.9. The van der Waals surface area contributed by atoms with Crippen LogP contribution in [0.15, 0.2) is 47.3 Å². The Morgan fingerprint density at radius 3 is 2.35 bits per heavy atom. The molecule has 0 aliphatic heterocycles. The number of halogens is 2. The first kappa shape index (κ1) is 23.0. The standard InChI is InChI=1S/C23H25Cl2N3O3/c1-4-5-9-12-31-21-18(24)13-16(14-19(21)25)22(29)26-20-15(2)27(3)28(23(20)30)17-10-7-6-8-11-17/h6-8,10-11,13-14H,4-5,9,12H2,1-3H3,(H,26,29). The minimum atomic E-state index is -0.479. The van der Waals surface area contributed by atoms with E-state index < -0.39 is 5.91 Å². The predicted molar refractivity (Wildman–Crippen MR) is 125 cm³/mol. The number of ether oxygens (including phenoxy) is 1. The molecule has 0 aliphatic rings. The number of para-hydroxylation sites is 1. The zero-order valence-corrected chi connectivity index (χ0v) is 19.3. The van der Waals surface area contributed by atoms with E-state index in [2.05, 4.69) is 12.2 Å². The Morgan fingerprint density at radius 2 is 1.74 bits per heavy atom. The molecule has 0 saturated heterocycles. The summed E-state index contributed by atoms with van der Waals surface area (Å²) in [5, 5.41) is 3.21. The molecule has 2 aromatic carbocycles. The number of rotatable bonds is 8. The van der Waals surface area contributed by atoms with E-state index in [0.717, 1.165) is 19.3 Å². The summed E-state index contributed by atoms with van der Waals surface area (Å²) in [5.74, 6) is -0.120. The molecular weight excluding hydrogens is 437 g/mol. The Bertz CT molecular complexity index is 1110. The maximum atomic E-state index is 13.0. The summed E-state index contributed by atoms with van der Waals surface area (Å²) in [7, 11) is 1.76. The second-order valence-electron chi connectivity index (χ2n) is 7.22. The fourth-order valence-corrected chi connectivity index (χ4v) is 3.85. The molecule has 0 saturated carbocycles. The molecule has 1 N–H and O–H groups in total. The highest BCUT2D eigenvalue weighted by Crippen LogP contribution is 2.34. The van der Waals surface area contributed by atoms with Gasteiger partial charge in [0.2, 0.25) is 0 Å². The number of nitrogens with one attached hydrogen (secondary N) is 1. The zero-order valence-electron chi connectivity index (χ0n) is 17.7. The average molecular weight is 462 g/mol. The molecule has 3 aromatic rings. The Labute approximate surface area is 191 Å². The van der Waals surface area contributed by atoms with Crippen molar-refractivity contribution in [1.82, 2.24) is 9.36 Å². The molecule has 164 valence electrons. The topological polar surface area (TPSA) is 65.3 Å². The largest absolute Gasteiger partial charge is 0.490 e. The Hall–Kier alpha value is -2.70. The van der Waals surface area contributed by atoms with E-state index in [9.17, 15) is 9.59 Å². The number of unbranched alkanes of at least 4 members (excludes halogenated alkanes) is 2. The van der Waals surface area contributed by atoms with Crippen molar-refractivity contribution in [3.63, 3.8) is 0 Å². The molecule has 31 heavy (non-hydrogen) atoms. The van der Waals surface area contributed by atoms with E-state index >= 15 is 0 Å². The van der Waals surface area contributed by atoms with Crippen molar-refractivity contribution in [3.8, 4) is 11.4 Å². The van der Waals surface area contributed by atoms with Crippen LogP contribution in [-0.2, 0) is 7.05 Å². The predicted octanol–water partition coefficient (Wildman–Crippen LogP) is 5.61. The molecular formula is C23H25Cl2N3O3. The van der Waals surface area contributed by atoms with Crippen LogP contribution in [0.5, 0.6) is 5.75 Å². The van der Waals surface area contributed by atoms with E-state index in [4.69, 9.17) is 27.9 Å². The van der Waals surface area contributed by atoms with Gasteiger partial charge in [-0.2, -0.15) is 0 Å². The van der Waals surface area contributed by atoms with Gasteiger partial charge in [0, 0.05) is 12.6 Å². The second-order valence-corrected chi connectivity index (χ2v) is 8.03. The van der Waals surface area contributed by atoms with Gasteiger partial charge < -0.3 is 10.1 Å². The molecule has 0 bridgehead atoms. The Morgan fingerprint density at radius 1 is 1.10 bits per heavy atom. The molecule has 3 rings (SSSR count). The number of benzene rings is 2. The van der Waals surface area contributed by atoms with Crippen LogP contribution in [0.4, 0.5) is 5.69 Å². The first-order valence-corrected chi connectivity index (χ1v) is 10.9. The van der Waals surface area contributed by atoms with Gasteiger partial charge in [-0.15, -0.1) is 0 Å². The number of amides is 1. The molecule has 1 heterocycles. The van der Waals surface area contributed by atoms with Gasteiger partial charge >= 0.3 is 0 Å². The summed E-state index contributed by atoms with van der Waals surface area (Å²) in [6.07, 6.45) is 3.02. The monoisotopic (exact) mass is 461 g/mol. The van der Waals surface area contributed by atoms with E-state index in [-0.39, 0.29) is 26.9 Å². The molecule has 1 aromatic heterocycles. The maximum Gasteiger partial charge on any atom is 0.295 e. The van der Waals surface area contributed by atoms with Gasteiger partial charge in [0.25, 0.3) is 11.5 Å². The van der Waals surface area contributed by atoms with Gasteiger partial charge in [0.05, 0.1) is 28.0 Å². The number of hydrogen-bond donors (Lipinski definition) is 1. The Kier molecular flexibility index (Phi) is 7.46. The molecule has 0 atom stereocenters. The van der Waals surface area contributed by atoms with Crippen LogP contribution >= 0.6 is 23.2 Å². The van der Waals surface area contributed by atoms with Gasteiger partial charge in [-0.05, 0) is 37.6 Å². The van der Waals surface area contributed by atoms with Crippen molar-refractivity contribution < 1.29 is 9.53 Å². The molecule has 0 spiro atoms. The third-order valence-electron chi connectivity index (χ3n) is 5.05. The van der Waals surface area contributed by atoms with Gasteiger partial charge in [-0.3, -0.25) is 14.3 Å². The van der Waals surface area contributed by atoms with E-state index in [1.165, 1.54) is 16.8 Å². The first-order chi connectivity index (χ1) is 14.8. The number of nitrogens with zero attached hydrogens (tertiary/aromatic N) is 2. The number of aromatic nitrogens is 2. The highest BCUT2D eigenvalue weighted by Gasteiger charge is 2.20. The van der Waals surface area contributed by atoms with Crippen molar-refractivity contribution in [1.29, 1.82) is 0 Å². The van der Waals surface area contributed by atoms with Gasteiger partial charge in [-0.1, -0.05) is 61.2 Å². The number of anilines is 1. The van der Waals surface area contributed by atoms with Gasteiger partial charge in [0.15, 0.2) is 5.75 Å². The average Bonchev–Trinajstić information content (AvgIpc) is 2.96.